The van der Waals surface area contributed by atoms with E-state index in [0.717, 1.165) is 60.1 Å². The minimum Gasteiger partial charge on any atom is -0.446 e. The van der Waals surface area contributed by atoms with Gasteiger partial charge in [0.1, 0.15) is 50.6 Å². The lowest BCUT2D eigenvalue weighted by molar-refractivity contribution is -0.129. The van der Waals surface area contributed by atoms with Gasteiger partial charge in [0, 0.05) is 81.7 Å². The molecule has 0 bridgehead atoms. The number of ether oxygens (including phenoxy) is 4. The van der Waals surface area contributed by atoms with Crippen LogP contribution < -0.4 is 37.2 Å². The maximum absolute atomic E-state index is 12.9. The summed E-state index contributed by atoms with van der Waals surface area (Å²) in [6, 6.07) is 89.6. The number of hydrogen-bond donors (Lipinski definition) is 6. The van der Waals surface area contributed by atoms with Crippen LogP contribution in [0.1, 0.15) is 112 Å². The number of urea groups is 1. The van der Waals surface area contributed by atoms with E-state index < -0.39 is 54.6 Å². The summed E-state index contributed by atoms with van der Waals surface area (Å²) in [7, 11) is 3.91. The van der Waals surface area contributed by atoms with E-state index in [1.165, 1.54) is 21.1 Å². The normalized spacial score (nSPS) is 15.1. The Bertz CT molecular complexity index is 6820. The fraction of sp³-hybridized carbons (Fsp3) is 0.162. The quantitative estimate of drug-likeness (QED) is 0.0324. The molecule has 4 atom stereocenters. The van der Waals surface area contributed by atoms with Crippen molar-refractivity contribution in [2.24, 2.45) is 0 Å². The van der Waals surface area contributed by atoms with Gasteiger partial charge in [-0.15, -0.1) is 11.3 Å². The van der Waals surface area contributed by atoms with E-state index in [1.54, 1.807) is 144 Å². The molecule has 0 radical (unpaired) electrons. The number of nitrogens with zero attached hydrogens (tertiary/aromatic N) is 7. The second-order valence-electron chi connectivity index (χ2n) is 32.2. The van der Waals surface area contributed by atoms with Crippen molar-refractivity contribution >= 4 is 139 Å². The molecule has 13 amide bonds. The Morgan fingerprint density at radius 3 is 1.12 bits per heavy atom. The highest BCUT2D eigenvalue weighted by Crippen LogP contribution is 2.35. The molecule has 18 rings (SSSR count). The van der Waals surface area contributed by atoms with Crippen molar-refractivity contribution in [1.29, 1.82) is 0 Å². The van der Waals surface area contributed by atoms with Gasteiger partial charge in [0.25, 0.3) is 17.7 Å². The Morgan fingerprint density at radius 1 is 0.401 bits per heavy atom. The number of aromatic amines is 1. The van der Waals surface area contributed by atoms with Crippen LogP contribution in [0.25, 0.3) is 22.3 Å². The Balaban J connectivity index is 0.000000139. The van der Waals surface area contributed by atoms with E-state index in [-0.39, 0.29) is 99.2 Å². The molecular formula is C105H92ClN13O17S. The van der Waals surface area contributed by atoms with E-state index in [0.29, 0.717) is 83.9 Å². The summed E-state index contributed by atoms with van der Waals surface area (Å²) in [4.78, 5) is 177. The number of fused-ring (bicyclic) bond motifs is 1. The van der Waals surface area contributed by atoms with Gasteiger partial charge in [-0.25, -0.2) is 53.4 Å². The lowest BCUT2D eigenvalue weighted by Gasteiger charge is -2.20. The first-order valence-corrected chi connectivity index (χ1v) is 44.9. The second kappa shape index (κ2) is 44.1. The number of H-pyrrole nitrogens is 1. The van der Waals surface area contributed by atoms with Gasteiger partial charge in [-0.3, -0.25) is 43.4 Å². The molecule has 6 heterocycles. The summed E-state index contributed by atoms with van der Waals surface area (Å²) < 4.78 is 22.1. The number of carbonyl (C=O) groups is 12. The van der Waals surface area contributed by atoms with E-state index in [1.807, 2.05) is 208 Å². The number of benzene rings is 12. The molecule has 12 aromatic carbocycles. The molecule has 0 saturated carbocycles. The molecule has 692 valence electrons. The predicted molar refractivity (Wildman–Crippen MR) is 519 cm³/mol. The first-order valence-electron chi connectivity index (χ1n) is 43.7. The highest BCUT2D eigenvalue weighted by atomic mass is 35.5. The summed E-state index contributed by atoms with van der Waals surface area (Å²) in [6.45, 7) is 4.99. The number of cyclic esters (lactones) is 4. The van der Waals surface area contributed by atoms with Crippen LogP contribution in [0.3, 0.4) is 0 Å². The smallest absolute Gasteiger partial charge is 0.417 e. The molecule has 4 aliphatic rings. The van der Waals surface area contributed by atoms with E-state index in [2.05, 4.69) is 36.6 Å². The van der Waals surface area contributed by atoms with E-state index in [4.69, 9.17) is 30.5 Å². The Morgan fingerprint density at radius 2 is 0.730 bits per heavy atom. The van der Waals surface area contributed by atoms with Crippen LogP contribution in [0.5, 0.6) is 0 Å². The monoisotopic (exact) mass is 1870 g/mol. The standard InChI is InChI=1S/C27H25N5O5.C27H21N3O4S.C27H27N3O4.C24H19ClN2O4/c1-2-31-22-13-12-20(15-21(22)30-26(31)35)29-25(34)28-19-10-8-17(9-11-19)14-24(33)32-23(16-37-27(32)36)18-6-4-3-5-7-18;31-24(30-23(16-34-27(30)33)20-9-5-2-6-10-20)15-18-11-13-21(14-12-18)25(32)29-26-28-22(17-35-26)19-7-3-1-4-8-19;1-18-9-14-22(16-23(18)29(2)3)28-26(32)21-12-10-19(11-13-21)15-25(31)30-24(17-34-27(30)33)20-7-5-4-6-8-20;25-19-10-12-20(13-11-19)26-23(29)18-8-6-16(7-9-18)14-22(28)27-21(15-31-24(27)30)17-4-2-1-3-5-17/h3-13,15,23H,2,14,16H2,1H3,(H,30,35)(H2,28,29,34);1-14,17,23H,15-16H2,(H,28,29,32);4-14,16,24H,15,17H2,1-3H3,(H,28,32);1-13,21H,14-15H2,(H,26,29). The molecule has 4 fully saturated rings. The number of hydrogen-bond acceptors (Lipinski definition) is 20. The van der Waals surface area contributed by atoms with Gasteiger partial charge in [0.05, 0.1) is 42.4 Å². The molecule has 0 aliphatic carbocycles. The van der Waals surface area contributed by atoms with Gasteiger partial charge in [-0.2, -0.15) is 0 Å². The van der Waals surface area contributed by atoms with Gasteiger partial charge in [0.2, 0.25) is 23.6 Å². The van der Waals surface area contributed by atoms with Crippen molar-refractivity contribution in [3.63, 3.8) is 0 Å². The maximum Gasteiger partial charge on any atom is 0.417 e. The number of rotatable bonds is 23. The van der Waals surface area contributed by atoms with Crippen molar-refractivity contribution < 1.29 is 76.5 Å². The zero-order chi connectivity index (χ0) is 96.2. The van der Waals surface area contributed by atoms with E-state index in [9.17, 15) is 62.3 Å². The lowest BCUT2D eigenvalue weighted by atomic mass is 10.0. The number of anilines is 6. The molecule has 32 heteroatoms. The Kier molecular flexibility index (Phi) is 30.5. The predicted octanol–water partition coefficient (Wildman–Crippen LogP) is 19.0. The van der Waals surface area contributed by atoms with Crippen LogP contribution in [-0.2, 0) is 70.4 Å². The number of imidazole rings is 1. The number of aryl methyl sites for hydroxylation is 2. The molecule has 4 saturated heterocycles. The summed E-state index contributed by atoms with van der Waals surface area (Å²) >= 11 is 7.21. The van der Waals surface area contributed by atoms with Crippen LogP contribution in [0.2, 0.25) is 5.02 Å². The van der Waals surface area contributed by atoms with Gasteiger partial charge in [-0.1, -0.05) is 218 Å². The molecule has 30 nitrogen and oxygen atoms in total. The van der Waals surface area contributed by atoms with Crippen LogP contribution >= 0.6 is 22.9 Å². The zero-order valence-corrected chi connectivity index (χ0v) is 76.1. The maximum atomic E-state index is 12.9. The minimum absolute atomic E-state index is 0.0144. The highest BCUT2D eigenvalue weighted by molar-refractivity contribution is 7.14. The van der Waals surface area contributed by atoms with Crippen molar-refractivity contribution in [3.05, 3.63) is 397 Å². The second-order valence-corrected chi connectivity index (χ2v) is 33.5. The van der Waals surface area contributed by atoms with Gasteiger partial charge in [0.15, 0.2) is 5.13 Å². The fourth-order valence-corrected chi connectivity index (χ4v) is 16.6. The summed E-state index contributed by atoms with van der Waals surface area (Å²) in [5.41, 5.74) is 15.1. The third kappa shape index (κ3) is 23.8. The summed E-state index contributed by atoms with van der Waals surface area (Å²) in [5.74, 6) is -2.20. The number of amides is 13. The third-order valence-electron chi connectivity index (χ3n) is 22.8. The van der Waals surface area contributed by atoms with Gasteiger partial charge in [-0.05, 0) is 167 Å². The Hall–Kier alpha value is -16.9. The molecule has 6 N–H and O–H groups in total. The SMILES string of the molecule is CCn1c(=O)[nH]c2cc(NC(=O)Nc3ccc(CC(=O)N4C(=O)OCC4c4ccccc4)cc3)ccc21.Cc1ccc(NC(=O)c2ccc(CC(=O)N3C(=O)OCC3c3ccccc3)cc2)cc1N(C)C.O=C(Nc1ccc(Cl)cc1)c1ccc(CC(=O)N2C(=O)OCC2c2ccccc2)cc1.O=C(Nc1nc(-c2ccccc2)cs1)c1ccc(CC(=O)N2C(=O)OCC2c2ccccc2)cc1. The summed E-state index contributed by atoms with van der Waals surface area (Å²) in [5, 5.41) is 17.0. The average molecular weight is 1880 g/mol. The highest BCUT2D eigenvalue weighted by Gasteiger charge is 2.43. The Labute approximate surface area is 795 Å². The number of carbonyl (C=O) groups excluding carboxylic acids is 12. The largest absolute Gasteiger partial charge is 0.446 e. The van der Waals surface area contributed by atoms with Gasteiger partial charge >= 0.3 is 36.1 Å². The van der Waals surface area contributed by atoms with Crippen molar-refractivity contribution in [1.82, 2.24) is 34.1 Å². The van der Waals surface area contributed by atoms with E-state index >= 15 is 0 Å². The number of aromatic nitrogens is 3. The van der Waals surface area contributed by atoms with Crippen molar-refractivity contribution in [2.45, 2.75) is 70.2 Å². The van der Waals surface area contributed by atoms with Crippen LogP contribution in [0.15, 0.2) is 320 Å². The minimum atomic E-state index is -0.651. The lowest BCUT2D eigenvalue weighted by Crippen LogP contribution is -2.35. The fourth-order valence-electron chi connectivity index (χ4n) is 15.7. The van der Waals surface area contributed by atoms with Crippen LogP contribution in [0.4, 0.5) is 57.5 Å². The van der Waals surface area contributed by atoms with Crippen molar-refractivity contribution in [3.8, 4) is 11.3 Å². The average Bonchev–Trinajstić information content (AvgIpc) is 1.67. The van der Waals surface area contributed by atoms with Crippen LogP contribution in [0, 0.1) is 6.92 Å². The number of thiazole rings is 1. The molecule has 4 aliphatic heterocycles. The molecule has 2 aromatic heterocycles. The third-order valence-corrected chi connectivity index (χ3v) is 23.8. The molecule has 4 unspecified atom stereocenters. The molecular weight excluding hydrogens is 1780 g/mol. The molecule has 14 aromatic rings. The van der Waals surface area contributed by atoms with Crippen molar-refractivity contribution in [2.75, 3.05) is 72.0 Å². The topological polar surface area (TPSA) is 369 Å². The first-order chi connectivity index (χ1) is 66.3. The first kappa shape index (κ1) is 94.7. The van der Waals surface area contributed by atoms with Crippen LogP contribution in [-0.4, -0.2) is 146 Å². The van der Waals surface area contributed by atoms with Gasteiger partial charge < -0.3 is 50.1 Å². The number of nitrogens with one attached hydrogen (secondary N) is 6. The summed E-state index contributed by atoms with van der Waals surface area (Å²) in [6.07, 6.45) is -2.47. The zero-order valence-electron chi connectivity index (χ0n) is 74.6. The number of imide groups is 4. The molecule has 0 spiro atoms. The molecule has 137 heavy (non-hydrogen) atoms. The number of halogens is 1.